The number of benzene rings is 1. The highest BCUT2D eigenvalue weighted by Crippen LogP contribution is 2.51. The molecule has 2 saturated heterocycles. The maximum Gasteiger partial charge on any atom is 0.235 e. The molecular weight excluding hydrogens is 406 g/mol. The van der Waals surface area contributed by atoms with Crippen LogP contribution in [0.1, 0.15) is 26.3 Å². The standard InChI is InChI=1S/C25H27N3O4/c1-25(2,3)22(29)21-18-17(23(30)27(24(18)31)12-13-32-4)16-10-9-15-8-7-14-6-5-11-26-19(14)20(15)28(16)21/h5-11,16-18,21H,12-13H2,1-4H3/t16-,17-,18+,21+/m1/s1. The van der Waals surface area contributed by atoms with E-state index in [1.165, 1.54) is 4.90 Å². The number of ether oxygens (including phenoxy) is 1. The predicted octanol–water partition coefficient (Wildman–Crippen LogP) is 2.68. The normalized spacial score (nSPS) is 26.5. The molecule has 2 aromatic rings. The van der Waals surface area contributed by atoms with Crippen molar-refractivity contribution in [2.75, 3.05) is 25.2 Å². The quantitative estimate of drug-likeness (QED) is 0.690. The number of Topliss-reactive ketones (excluding diaryl/α,β-unsaturated/α-hetero) is 1. The summed E-state index contributed by atoms with van der Waals surface area (Å²) in [6.45, 7) is 6.07. The van der Waals surface area contributed by atoms with Crippen LogP contribution in [0.4, 0.5) is 5.69 Å². The highest BCUT2D eigenvalue weighted by molar-refractivity contribution is 6.13. The summed E-state index contributed by atoms with van der Waals surface area (Å²) in [5, 5.41) is 0.957. The van der Waals surface area contributed by atoms with Gasteiger partial charge in [0.1, 0.15) is 6.04 Å². The molecule has 5 rings (SSSR count). The van der Waals surface area contributed by atoms with Crippen LogP contribution in [0.15, 0.2) is 36.5 Å². The Morgan fingerprint density at radius 3 is 2.59 bits per heavy atom. The Morgan fingerprint density at radius 2 is 1.88 bits per heavy atom. The number of carbonyl (C=O) groups excluding carboxylic acids is 3. The van der Waals surface area contributed by atoms with Crippen LogP contribution < -0.4 is 4.90 Å². The first-order valence-corrected chi connectivity index (χ1v) is 11.0. The lowest BCUT2D eigenvalue weighted by atomic mass is 9.79. The Morgan fingerprint density at radius 1 is 1.12 bits per heavy atom. The fraction of sp³-hybridized carbons (Fsp3) is 0.440. The summed E-state index contributed by atoms with van der Waals surface area (Å²) in [6, 6.07) is 6.77. The second kappa shape index (κ2) is 7.24. The van der Waals surface area contributed by atoms with Crippen molar-refractivity contribution in [3.8, 4) is 0 Å². The lowest BCUT2D eigenvalue weighted by Gasteiger charge is -2.39. The zero-order valence-corrected chi connectivity index (χ0v) is 18.7. The Labute approximate surface area is 187 Å². The van der Waals surface area contributed by atoms with E-state index in [9.17, 15) is 14.4 Å². The molecule has 7 nitrogen and oxygen atoms in total. The number of aromatic nitrogens is 1. The lowest BCUT2D eigenvalue weighted by Crippen LogP contribution is -2.51. The van der Waals surface area contributed by atoms with Gasteiger partial charge < -0.3 is 9.64 Å². The zero-order valence-electron chi connectivity index (χ0n) is 18.7. The molecule has 2 fully saturated rings. The summed E-state index contributed by atoms with van der Waals surface area (Å²) in [5.74, 6) is -1.86. The number of carbonyl (C=O) groups is 3. The van der Waals surface area contributed by atoms with Crippen LogP contribution >= 0.6 is 0 Å². The number of hydrogen-bond donors (Lipinski definition) is 0. The highest BCUT2D eigenvalue weighted by atomic mass is 16.5. The summed E-state index contributed by atoms with van der Waals surface area (Å²) in [6.07, 6.45) is 5.69. The number of pyridine rings is 1. The number of fused-ring (bicyclic) bond motifs is 7. The van der Waals surface area contributed by atoms with Gasteiger partial charge in [-0.3, -0.25) is 24.3 Å². The molecule has 3 aliphatic heterocycles. The zero-order chi connectivity index (χ0) is 22.8. The van der Waals surface area contributed by atoms with Crippen LogP contribution in [0.25, 0.3) is 17.0 Å². The molecule has 0 saturated carbocycles. The van der Waals surface area contributed by atoms with Gasteiger partial charge in [0.25, 0.3) is 0 Å². The predicted molar refractivity (Wildman–Crippen MR) is 121 cm³/mol. The third kappa shape index (κ3) is 2.84. The largest absolute Gasteiger partial charge is 0.383 e. The number of ketones is 1. The number of hydrogen-bond acceptors (Lipinski definition) is 6. The van der Waals surface area contributed by atoms with E-state index >= 15 is 0 Å². The SMILES string of the molecule is COCCN1C(=O)[C@H]2[C@H](C1=O)[C@@H](C(=O)C(C)(C)C)N1c3c(ccc4cccnc34)C=C[C@H]21. The van der Waals surface area contributed by atoms with E-state index in [4.69, 9.17) is 4.74 Å². The van der Waals surface area contributed by atoms with Crippen LogP contribution in [0, 0.1) is 17.3 Å². The minimum Gasteiger partial charge on any atom is -0.383 e. The Bertz CT molecular complexity index is 1170. The first-order valence-electron chi connectivity index (χ1n) is 11.0. The molecule has 0 bridgehead atoms. The average molecular weight is 434 g/mol. The number of rotatable bonds is 4. The first-order chi connectivity index (χ1) is 15.3. The van der Waals surface area contributed by atoms with Gasteiger partial charge in [-0.15, -0.1) is 0 Å². The van der Waals surface area contributed by atoms with Crippen molar-refractivity contribution in [2.24, 2.45) is 17.3 Å². The number of likely N-dealkylation sites (tertiary alicyclic amines) is 1. The monoisotopic (exact) mass is 433 g/mol. The summed E-state index contributed by atoms with van der Waals surface area (Å²) in [4.78, 5) is 48.6. The smallest absolute Gasteiger partial charge is 0.235 e. The molecule has 3 aliphatic rings. The second-order valence-corrected chi connectivity index (χ2v) is 9.77. The first kappa shape index (κ1) is 20.8. The van der Waals surface area contributed by atoms with Crippen LogP contribution in [-0.4, -0.2) is 59.8 Å². The molecule has 0 aliphatic carbocycles. The van der Waals surface area contributed by atoms with Crippen molar-refractivity contribution >= 4 is 40.3 Å². The van der Waals surface area contributed by atoms with Crippen molar-refractivity contribution in [3.63, 3.8) is 0 Å². The Balaban J connectivity index is 1.70. The summed E-state index contributed by atoms with van der Waals surface area (Å²) in [5.41, 5.74) is 1.88. The molecule has 0 spiro atoms. The molecular formula is C25H27N3O4. The van der Waals surface area contributed by atoms with E-state index in [2.05, 4.69) is 4.98 Å². The van der Waals surface area contributed by atoms with Crippen molar-refractivity contribution in [1.82, 2.24) is 9.88 Å². The van der Waals surface area contributed by atoms with Gasteiger partial charge in [-0.1, -0.05) is 51.1 Å². The number of nitrogens with zero attached hydrogens (tertiary/aromatic N) is 3. The molecule has 4 atom stereocenters. The fourth-order valence-corrected chi connectivity index (χ4v) is 5.39. The van der Waals surface area contributed by atoms with E-state index in [1.54, 1.807) is 13.3 Å². The molecule has 2 amide bonds. The molecule has 7 heteroatoms. The second-order valence-electron chi connectivity index (χ2n) is 9.77. The van der Waals surface area contributed by atoms with Gasteiger partial charge in [-0.25, -0.2) is 0 Å². The van der Waals surface area contributed by atoms with Crippen molar-refractivity contribution in [2.45, 2.75) is 32.9 Å². The molecule has 4 heterocycles. The topological polar surface area (TPSA) is 79.8 Å². The van der Waals surface area contributed by atoms with Crippen LogP contribution in [0.2, 0.25) is 0 Å². The van der Waals surface area contributed by atoms with E-state index < -0.39 is 23.3 Å². The maximum absolute atomic E-state index is 13.8. The van der Waals surface area contributed by atoms with Gasteiger partial charge in [0.15, 0.2) is 5.78 Å². The van der Waals surface area contributed by atoms with Crippen LogP contribution in [0.5, 0.6) is 0 Å². The molecule has 0 unspecified atom stereocenters. The lowest BCUT2D eigenvalue weighted by molar-refractivity contribution is -0.142. The van der Waals surface area contributed by atoms with Crippen molar-refractivity contribution < 1.29 is 19.1 Å². The van der Waals surface area contributed by atoms with Gasteiger partial charge in [-0.05, 0) is 11.6 Å². The van der Waals surface area contributed by atoms with Gasteiger partial charge in [0, 0.05) is 24.1 Å². The van der Waals surface area contributed by atoms with Crippen LogP contribution in [0.3, 0.4) is 0 Å². The van der Waals surface area contributed by atoms with E-state index in [1.807, 2.05) is 62.1 Å². The molecule has 166 valence electrons. The summed E-state index contributed by atoms with van der Waals surface area (Å²) in [7, 11) is 1.54. The van der Waals surface area contributed by atoms with Gasteiger partial charge in [0.05, 0.1) is 42.2 Å². The number of methoxy groups -OCH3 is 1. The van der Waals surface area contributed by atoms with E-state index in [-0.39, 0.29) is 36.8 Å². The van der Waals surface area contributed by atoms with E-state index in [0.29, 0.717) is 0 Å². The highest BCUT2D eigenvalue weighted by Gasteiger charge is 2.64. The van der Waals surface area contributed by atoms with Gasteiger partial charge in [0.2, 0.25) is 11.8 Å². The number of imide groups is 1. The van der Waals surface area contributed by atoms with Gasteiger partial charge >= 0.3 is 0 Å². The minimum absolute atomic E-state index is 0.0427. The fourth-order valence-electron chi connectivity index (χ4n) is 5.39. The molecule has 1 aromatic heterocycles. The molecule has 0 N–H and O–H groups in total. The van der Waals surface area contributed by atoms with Crippen molar-refractivity contribution in [3.05, 3.63) is 42.1 Å². The molecule has 32 heavy (non-hydrogen) atoms. The Kier molecular flexibility index (Phi) is 4.71. The average Bonchev–Trinajstić information content (AvgIpc) is 3.23. The Hall–Kier alpha value is -3.06. The summed E-state index contributed by atoms with van der Waals surface area (Å²) >= 11 is 0. The molecule has 1 aromatic carbocycles. The third-order valence-electron chi connectivity index (χ3n) is 6.86. The number of anilines is 1. The van der Waals surface area contributed by atoms with Crippen molar-refractivity contribution in [1.29, 1.82) is 0 Å². The maximum atomic E-state index is 13.8. The minimum atomic E-state index is -0.731. The summed E-state index contributed by atoms with van der Waals surface area (Å²) < 4.78 is 5.11. The van der Waals surface area contributed by atoms with Crippen LogP contribution in [-0.2, 0) is 19.1 Å². The third-order valence-corrected chi connectivity index (χ3v) is 6.86. The number of amides is 2. The van der Waals surface area contributed by atoms with E-state index in [0.717, 1.165) is 22.2 Å². The molecule has 0 radical (unpaired) electrons. The van der Waals surface area contributed by atoms with Gasteiger partial charge in [-0.2, -0.15) is 0 Å².